The molecule has 102 valence electrons. The van der Waals surface area contributed by atoms with Crippen LogP contribution in [0.3, 0.4) is 0 Å². The predicted octanol–water partition coefficient (Wildman–Crippen LogP) is 1.41. The summed E-state index contributed by atoms with van der Waals surface area (Å²) in [5.41, 5.74) is 6.49. The van der Waals surface area contributed by atoms with Crippen molar-refractivity contribution in [2.45, 2.75) is 25.9 Å². The summed E-state index contributed by atoms with van der Waals surface area (Å²) in [5.74, 6) is 1.16. The second-order valence-electron chi connectivity index (χ2n) is 5.37. The maximum absolute atomic E-state index is 9.36. The third-order valence-corrected chi connectivity index (χ3v) is 3.48. The number of hydrogen-bond acceptors (Lipinski definition) is 5. The van der Waals surface area contributed by atoms with Crippen LogP contribution in [0.25, 0.3) is 10.9 Å². The molecule has 0 saturated carbocycles. The van der Waals surface area contributed by atoms with Gasteiger partial charge in [-0.25, -0.2) is 9.97 Å². The van der Waals surface area contributed by atoms with Gasteiger partial charge in [-0.15, -0.1) is 0 Å². The molecule has 0 aliphatic rings. The predicted molar refractivity (Wildman–Crippen MR) is 76.6 cm³/mol. The molecule has 0 aliphatic carbocycles. The largest absolute Gasteiger partial charge is 0.394 e. The van der Waals surface area contributed by atoms with Gasteiger partial charge in [0.2, 0.25) is 0 Å². The van der Waals surface area contributed by atoms with Gasteiger partial charge in [0.05, 0.1) is 18.7 Å². The molecule has 2 rings (SSSR count). The first-order valence-corrected chi connectivity index (χ1v) is 6.27. The lowest BCUT2D eigenvalue weighted by molar-refractivity contribution is 0.0715. The Kier molecular flexibility index (Phi) is 3.68. The third kappa shape index (κ3) is 2.83. The molecule has 0 saturated heterocycles. The lowest BCUT2D eigenvalue weighted by Gasteiger charge is -2.33. The Morgan fingerprint density at radius 1 is 1.26 bits per heavy atom. The van der Waals surface area contributed by atoms with Crippen LogP contribution in [0.5, 0.6) is 0 Å². The molecule has 0 atom stereocenters. The van der Waals surface area contributed by atoms with E-state index in [1.807, 2.05) is 50.1 Å². The monoisotopic (exact) mass is 260 g/mol. The number of rotatable bonds is 4. The van der Waals surface area contributed by atoms with Crippen LogP contribution in [-0.2, 0) is 6.54 Å². The fourth-order valence-corrected chi connectivity index (χ4v) is 1.77. The quantitative estimate of drug-likeness (QED) is 0.869. The Balaban J connectivity index is 2.32. The van der Waals surface area contributed by atoms with Crippen molar-refractivity contribution in [3.8, 4) is 0 Å². The Labute approximate surface area is 113 Å². The van der Waals surface area contributed by atoms with Gasteiger partial charge in [0, 0.05) is 10.9 Å². The van der Waals surface area contributed by atoms with E-state index in [0.717, 1.165) is 10.9 Å². The summed E-state index contributed by atoms with van der Waals surface area (Å²) in [4.78, 5) is 10.9. The summed E-state index contributed by atoms with van der Waals surface area (Å²) in [5, 5.41) is 10.2. The van der Waals surface area contributed by atoms with Crippen LogP contribution in [0.4, 0.5) is 5.82 Å². The lowest BCUT2D eigenvalue weighted by atomic mass is 10.1. The highest BCUT2D eigenvalue weighted by molar-refractivity contribution is 5.87. The van der Waals surface area contributed by atoms with Crippen molar-refractivity contribution >= 4 is 16.7 Å². The highest BCUT2D eigenvalue weighted by Crippen LogP contribution is 2.19. The number of benzene rings is 1. The molecule has 0 amide bonds. The number of aliphatic hydroxyl groups is 1. The molecule has 1 aromatic carbocycles. The van der Waals surface area contributed by atoms with Gasteiger partial charge in [-0.05, 0) is 33.0 Å². The first-order valence-electron chi connectivity index (χ1n) is 6.27. The number of likely N-dealkylation sites (N-methyl/N-ethyl adjacent to an activating group) is 1. The Hall–Kier alpha value is -1.72. The summed E-state index contributed by atoms with van der Waals surface area (Å²) in [6.45, 7) is 4.56. The minimum Gasteiger partial charge on any atom is -0.394 e. The number of aliphatic hydroxyl groups excluding tert-OH is 1. The maximum Gasteiger partial charge on any atom is 0.145 e. The third-order valence-electron chi connectivity index (χ3n) is 3.48. The Bertz CT molecular complexity index is 583. The molecule has 19 heavy (non-hydrogen) atoms. The fourth-order valence-electron chi connectivity index (χ4n) is 1.77. The summed E-state index contributed by atoms with van der Waals surface area (Å²) < 4.78 is 0. The zero-order chi connectivity index (χ0) is 14.0. The zero-order valence-electron chi connectivity index (χ0n) is 11.6. The molecule has 0 spiro atoms. The van der Waals surface area contributed by atoms with Crippen molar-refractivity contribution < 1.29 is 5.11 Å². The van der Waals surface area contributed by atoms with Crippen LogP contribution < -0.4 is 5.73 Å². The van der Waals surface area contributed by atoms with Crippen molar-refractivity contribution in [2.75, 3.05) is 19.4 Å². The zero-order valence-corrected chi connectivity index (χ0v) is 11.6. The van der Waals surface area contributed by atoms with Gasteiger partial charge in [-0.1, -0.05) is 12.1 Å². The van der Waals surface area contributed by atoms with Crippen molar-refractivity contribution in [1.29, 1.82) is 0 Å². The summed E-state index contributed by atoms with van der Waals surface area (Å²) in [6.07, 6.45) is 0. The number of nitrogens with two attached hydrogens (primary N) is 1. The molecule has 5 heteroatoms. The second kappa shape index (κ2) is 5.11. The van der Waals surface area contributed by atoms with Crippen molar-refractivity contribution in [3.63, 3.8) is 0 Å². The molecule has 1 aromatic heterocycles. The number of fused-ring (bicyclic) bond motifs is 1. The van der Waals surface area contributed by atoms with Gasteiger partial charge < -0.3 is 10.8 Å². The lowest BCUT2D eigenvalue weighted by Crippen LogP contribution is -2.44. The molecule has 0 fully saturated rings. The van der Waals surface area contributed by atoms with E-state index < -0.39 is 0 Å². The van der Waals surface area contributed by atoms with Crippen LogP contribution in [0.1, 0.15) is 19.7 Å². The van der Waals surface area contributed by atoms with E-state index in [1.165, 1.54) is 0 Å². The van der Waals surface area contributed by atoms with E-state index in [1.54, 1.807) is 0 Å². The van der Waals surface area contributed by atoms with E-state index in [2.05, 4.69) is 9.97 Å². The maximum atomic E-state index is 9.36. The summed E-state index contributed by atoms with van der Waals surface area (Å²) in [6, 6.07) is 7.69. The van der Waals surface area contributed by atoms with E-state index in [9.17, 15) is 5.11 Å². The molecule has 0 unspecified atom stereocenters. The SMILES string of the molecule is CN(Cc1nc(N)c2ccccc2n1)C(C)(C)CO. The first kappa shape index (κ1) is 13.7. The van der Waals surface area contributed by atoms with Gasteiger partial charge >= 0.3 is 0 Å². The minimum absolute atomic E-state index is 0.0760. The van der Waals surface area contributed by atoms with Crippen LogP contribution in [0.2, 0.25) is 0 Å². The molecule has 5 nitrogen and oxygen atoms in total. The highest BCUT2D eigenvalue weighted by Gasteiger charge is 2.23. The fraction of sp³-hybridized carbons (Fsp3) is 0.429. The topological polar surface area (TPSA) is 75.3 Å². The molecule has 2 aromatic rings. The average Bonchev–Trinajstić information content (AvgIpc) is 2.38. The molecule has 0 bridgehead atoms. The molecular weight excluding hydrogens is 240 g/mol. The Morgan fingerprint density at radius 3 is 2.63 bits per heavy atom. The number of nitrogen functional groups attached to an aromatic ring is 1. The smallest absolute Gasteiger partial charge is 0.145 e. The number of aromatic nitrogens is 2. The molecule has 3 N–H and O–H groups in total. The molecule has 0 aliphatic heterocycles. The van der Waals surface area contributed by atoms with Crippen LogP contribution in [0.15, 0.2) is 24.3 Å². The number of hydrogen-bond donors (Lipinski definition) is 2. The summed E-state index contributed by atoms with van der Waals surface area (Å²) >= 11 is 0. The highest BCUT2D eigenvalue weighted by atomic mass is 16.3. The van der Waals surface area contributed by atoms with E-state index in [-0.39, 0.29) is 12.1 Å². The van der Waals surface area contributed by atoms with Crippen molar-refractivity contribution in [1.82, 2.24) is 14.9 Å². The van der Waals surface area contributed by atoms with Gasteiger partial charge in [0.25, 0.3) is 0 Å². The second-order valence-corrected chi connectivity index (χ2v) is 5.37. The van der Waals surface area contributed by atoms with E-state index >= 15 is 0 Å². The van der Waals surface area contributed by atoms with Gasteiger partial charge in [-0.2, -0.15) is 0 Å². The van der Waals surface area contributed by atoms with Crippen molar-refractivity contribution in [3.05, 3.63) is 30.1 Å². The van der Waals surface area contributed by atoms with Gasteiger partial charge in [0.1, 0.15) is 11.6 Å². The van der Waals surface area contributed by atoms with E-state index in [4.69, 9.17) is 5.73 Å². The molecule has 0 radical (unpaired) electrons. The number of para-hydroxylation sites is 1. The van der Waals surface area contributed by atoms with Crippen LogP contribution in [0, 0.1) is 0 Å². The average molecular weight is 260 g/mol. The van der Waals surface area contributed by atoms with Crippen LogP contribution in [-0.4, -0.2) is 39.2 Å². The Morgan fingerprint density at radius 2 is 1.95 bits per heavy atom. The van der Waals surface area contributed by atoms with Gasteiger partial charge in [-0.3, -0.25) is 4.90 Å². The summed E-state index contributed by atoms with van der Waals surface area (Å²) in [7, 11) is 1.94. The number of nitrogens with zero attached hydrogens (tertiary/aromatic N) is 3. The van der Waals surface area contributed by atoms with Crippen LogP contribution >= 0.6 is 0 Å². The van der Waals surface area contributed by atoms with E-state index in [0.29, 0.717) is 18.2 Å². The number of anilines is 1. The molecular formula is C14H20N4O. The van der Waals surface area contributed by atoms with Gasteiger partial charge in [0.15, 0.2) is 0 Å². The van der Waals surface area contributed by atoms with Crippen molar-refractivity contribution in [2.24, 2.45) is 0 Å². The standard InChI is InChI=1S/C14H20N4O/c1-14(2,9-19)18(3)8-12-16-11-7-5-4-6-10(11)13(15)17-12/h4-7,19H,8-9H2,1-3H3,(H2,15,16,17). The molecule has 1 heterocycles. The normalized spacial score (nSPS) is 12.3. The first-order chi connectivity index (χ1) is 8.94. The minimum atomic E-state index is -0.316.